The summed E-state index contributed by atoms with van der Waals surface area (Å²) >= 11 is 1.53. The number of rotatable bonds is 6. The highest BCUT2D eigenvalue weighted by Gasteiger charge is 2.21. The third kappa shape index (κ3) is 4.40. The van der Waals surface area contributed by atoms with Crippen LogP contribution in [0.3, 0.4) is 0 Å². The van der Waals surface area contributed by atoms with Gasteiger partial charge in [-0.3, -0.25) is 19.7 Å². The molecule has 0 aliphatic heterocycles. The predicted molar refractivity (Wildman–Crippen MR) is 111 cm³/mol. The van der Waals surface area contributed by atoms with E-state index in [1.165, 1.54) is 29.5 Å². The van der Waals surface area contributed by atoms with E-state index in [4.69, 9.17) is 0 Å². The lowest BCUT2D eigenvalue weighted by atomic mass is 10.1. The largest absolute Gasteiger partial charge is 0.343 e. The molecule has 0 unspecified atom stereocenters. The van der Waals surface area contributed by atoms with Crippen molar-refractivity contribution in [3.8, 4) is 0 Å². The van der Waals surface area contributed by atoms with E-state index in [0.717, 1.165) is 15.2 Å². The molecule has 0 bridgehead atoms. The number of carbonyl (C=O) groups is 2. The van der Waals surface area contributed by atoms with Gasteiger partial charge < -0.3 is 10.2 Å². The molecule has 0 aliphatic rings. The Hall–Kier alpha value is -3.33. The van der Waals surface area contributed by atoms with Crippen LogP contribution in [0, 0.1) is 17.0 Å². The van der Waals surface area contributed by atoms with Crippen LogP contribution in [0.5, 0.6) is 0 Å². The highest BCUT2D eigenvalue weighted by molar-refractivity contribution is 7.18. The van der Waals surface area contributed by atoms with E-state index < -0.39 is 10.8 Å². The van der Waals surface area contributed by atoms with Gasteiger partial charge in [-0.05, 0) is 38.1 Å². The fourth-order valence-corrected chi connectivity index (χ4v) is 3.90. The van der Waals surface area contributed by atoms with Crippen LogP contribution in [0.25, 0.3) is 10.2 Å². The molecule has 2 amide bonds. The second kappa shape index (κ2) is 8.36. The Bertz CT molecular complexity index is 1060. The Morgan fingerprint density at radius 2 is 2.00 bits per heavy atom. The van der Waals surface area contributed by atoms with Crippen LogP contribution >= 0.6 is 11.3 Å². The van der Waals surface area contributed by atoms with E-state index in [1.807, 2.05) is 31.2 Å². The quantitative estimate of drug-likeness (QED) is 0.493. The van der Waals surface area contributed by atoms with Crippen molar-refractivity contribution in [1.82, 2.24) is 15.2 Å². The molecule has 1 aromatic heterocycles. The number of hydrogen-bond acceptors (Lipinski definition) is 6. The van der Waals surface area contributed by atoms with E-state index in [-0.39, 0.29) is 29.7 Å². The van der Waals surface area contributed by atoms with Crippen molar-refractivity contribution in [2.24, 2.45) is 0 Å². The standard InChI is InChI=1S/C20H20N4O4S/c1-12-10-14(8-9-16(12)24(27)28)19(26)21-11-18(25)23(3)13(2)20-22-15-6-4-5-7-17(15)29-20/h4-10,13H,11H2,1-3H3,(H,21,26)/t13-/m1/s1. The van der Waals surface area contributed by atoms with Gasteiger partial charge in [0.1, 0.15) is 5.01 Å². The summed E-state index contributed by atoms with van der Waals surface area (Å²) < 4.78 is 1.05. The van der Waals surface area contributed by atoms with Crippen LogP contribution in [-0.4, -0.2) is 40.2 Å². The lowest BCUT2D eigenvalue weighted by molar-refractivity contribution is -0.385. The van der Waals surface area contributed by atoms with Gasteiger partial charge >= 0.3 is 0 Å². The number of carbonyl (C=O) groups excluding carboxylic acids is 2. The number of nitrogens with zero attached hydrogens (tertiary/aromatic N) is 3. The molecular weight excluding hydrogens is 392 g/mol. The molecule has 0 spiro atoms. The number of thiazole rings is 1. The molecule has 2 aromatic carbocycles. The number of aryl methyl sites for hydroxylation is 1. The van der Waals surface area contributed by atoms with Crippen molar-refractivity contribution in [2.75, 3.05) is 13.6 Å². The topological polar surface area (TPSA) is 105 Å². The highest BCUT2D eigenvalue weighted by atomic mass is 32.1. The Balaban J connectivity index is 1.62. The highest BCUT2D eigenvalue weighted by Crippen LogP contribution is 2.28. The van der Waals surface area contributed by atoms with Gasteiger partial charge in [-0.1, -0.05) is 12.1 Å². The van der Waals surface area contributed by atoms with Crippen LogP contribution < -0.4 is 5.32 Å². The number of hydrogen-bond donors (Lipinski definition) is 1. The summed E-state index contributed by atoms with van der Waals surface area (Å²) in [5.41, 5.74) is 1.49. The van der Waals surface area contributed by atoms with E-state index in [1.54, 1.807) is 18.9 Å². The first kappa shape index (κ1) is 20.4. The monoisotopic (exact) mass is 412 g/mol. The normalized spacial score (nSPS) is 11.8. The second-order valence-corrected chi connectivity index (χ2v) is 7.70. The van der Waals surface area contributed by atoms with Gasteiger partial charge in [0.15, 0.2) is 0 Å². The average molecular weight is 412 g/mol. The van der Waals surface area contributed by atoms with Gasteiger partial charge in [-0.15, -0.1) is 11.3 Å². The van der Waals surface area contributed by atoms with Crippen LogP contribution in [0.2, 0.25) is 0 Å². The second-order valence-electron chi connectivity index (χ2n) is 6.64. The van der Waals surface area contributed by atoms with Gasteiger partial charge in [-0.2, -0.15) is 0 Å². The molecule has 0 saturated heterocycles. The number of likely N-dealkylation sites (N-methyl/N-ethyl adjacent to an activating group) is 1. The maximum absolute atomic E-state index is 12.5. The molecule has 29 heavy (non-hydrogen) atoms. The number of nitro benzene ring substituents is 1. The van der Waals surface area contributed by atoms with Gasteiger partial charge in [0, 0.05) is 24.2 Å². The minimum Gasteiger partial charge on any atom is -0.343 e. The Morgan fingerprint density at radius 3 is 2.66 bits per heavy atom. The van der Waals surface area contributed by atoms with Gasteiger partial charge in [0.2, 0.25) is 5.91 Å². The van der Waals surface area contributed by atoms with Crippen molar-refractivity contribution >= 4 is 39.1 Å². The van der Waals surface area contributed by atoms with E-state index in [9.17, 15) is 19.7 Å². The van der Waals surface area contributed by atoms with E-state index in [2.05, 4.69) is 10.3 Å². The molecule has 1 atom stereocenters. The molecule has 0 aliphatic carbocycles. The third-order valence-electron chi connectivity index (χ3n) is 4.70. The zero-order chi connectivity index (χ0) is 21.1. The number of nitro groups is 1. The molecule has 3 rings (SSSR count). The molecule has 1 heterocycles. The lowest BCUT2D eigenvalue weighted by Crippen LogP contribution is -2.39. The summed E-state index contributed by atoms with van der Waals surface area (Å²) in [7, 11) is 1.67. The number of fused-ring (bicyclic) bond motifs is 1. The Labute approximate surface area is 171 Å². The third-order valence-corrected chi connectivity index (χ3v) is 5.90. The molecule has 3 aromatic rings. The lowest BCUT2D eigenvalue weighted by Gasteiger charge is -2.23. The smallest absolute Gasteiger partial charge is 0.272 e. The minimum absolute atomic E-state index is 0.0537. The first-order valence-electron chi connectivity index (χ1n) is 8.92. The number of nitrogens with one attached hydrogen (secondary N) is 1. The number of para-hydroxylation sites is 1. The molecule has 0 radical (unpaired) electrons. The van der Waals surface area contributed by atoms with Crippen molar-refractivity contribution < 1.29 is 14.5 Å². The van der Waals surface area contributed by atoms with Gasteiger partial charge in [0.05, 0.1) is 27.7 Å². The summed E-state index contributed by atoms with van der Waals surface area (Å²) in [6.45, 7) is 3.27. The number of aromatic nitrogens is 1. The number of amides is 2. The zero-order valence-corrected chi connectivity index (χ0v) is 17.0. The summed E-state index contributed by atoms with van der Waals surface area (Å²) in [4.78, 5) is 41.3. The molecule has 150 valence electrons. The summed E-state index contributed by atoms with van der Waals surface area (Å²) in [5, 5.41) is 14.3. The molecule has 1 N–H and O–H groups in total. The molecule has 8 nitrogen and oxygen atoms in total. The first-order valence-corrected chi connectivity index (χ1v) is 9.74. The summed E-state index contributed by atoms with van der Waals surface area (Å²) in [6.07, 6.45) is 0. The Kier molecular flexibility index (Phi) is 5.88. The summed E-state index contributed by atoms with van der Waals surface area (Å²) in [6, 6.07) is 11.6. The first-order chi connectivity index (χ1) is 13.8. The van der Waals surface area contributed by atoms with E-state index in [0.29, 0.717) is 5.56 Å². The minimum atomic E-state index is -0.501. The van der Waals surface area contributed by atoms with E-state index >= 15 is 0 Å². The zero-order valence-electron chi connectivity index (χ0n) is 16.2. The molecule has 0 saturated carbocycles. The fourth-order valence-electron chi connectivity index (χ4n) is 2.83. The van der Waals surface area contributed by atoms with Gasteiger partial charge in [-0.25, -0.2) is 4.98 Å². The maximum atomic E-state index is 12.5. The predicted octanol–water partition coefficient (Wildman–Crippen LogP) is 3.46. The molecule has 0 fully saturated rings. The van der Waals surface area contributed by atoms with Gasteiger partial charge in [0.25, 0.3) is 11.6 Å². The fraction of sp³-hybridized carbons (Fsp3) is 0.250. The van der Waals surface area contributed by atoms with Crippen LogP contribution in [0.1, 0.15) is 33.9 Å². The molecular formula is C20H20N4O4S. The van der Waals surface area contributed by atoms with Crippen molar-refractivity contribution in [3.05, 3.63) is 68.7 Å². The Morgan fingerprint density at radius 1 is 1.28 bits per heavy atom. The average Bonchev–Trinajstić information content (AvgIpc) is 3.14. The van der Waals surface area contributed by atoms with Crippen LogP contribution in [-0.2, 0) is 4.79 Å². The molecule has 9 heteroatoms. The summed E-state index contributed by atoms with van der Waals surface area (Å²) in [5.74, 6) is -0.721. The SMILES string of the molecule is Cc1cc(C(=O)NCC(=O)N(C)[C@H](C)c2nc3ccccc3s2)ccc1[N+](=O)[O-]. The van der Waals surface area contributed by atoms with Crippen LogP contribution in [0.4, 0.5) is 5.69 Å². The van der Waals surface area contributed by atoms with Crippen molar-refractivity contribution in [2.45, 2.75) is 19.9 Å². The number of benzene rings is 2. The maximum Gasteiger partial charge on any atom is 0.272 e. The van der Waals surface area contributed by atoms with Crippen molar-refractivity contribution in [3.63, 3.8) is 0 Å². The van der Waals surface area contributed by atoms with Crippen molar-refractivity contribution in [1.29, 1.82) is 0 Å². The van der Waals surface area contributed by atoms with Crippen LogP contribution in [0.15, 0.2) is 42.5 Å².